The van der Waals surface area contributed by atoms with E-state index in [1.165, 1.54) is 16.8 Å². The van der Waals surface area contributed by atoms with Gasteiger partial charge in [0.1, 0.15) is 0 Å². The summed E-state index contributed by atoms with van der Waals surface area (Å²) in [5, 5.41) is 15.8. The zero-order chi connectivity index (χ0) is 22.8. The van der Waals surface area contributed by atoms with E-state index in [0.29, 0.717) is 17.7 Å². The molecule has 1 amide bonds. The number of aromatic nitrogens is 2. The van der Waals surface area contributed by atoms with Gasteiger partial charge in [0.25, 0.3) is 5.91 Å². The highest BCUT2D eigenvalue weighted by Gasteiger charge is 2.33. The summed E-state index contributed by atoms with van der Waals surface area (Å²) in [5.41, 5.74) is 8.27. The lowest BCUT2D eigenvalue weighted by molar-refractivity contribution is -0.136. The number of amides is 1. The second-order valence-corrected chi connectivity index (χ2v) is 7.18. The Bertz CT molecular complexity index is 1090. The number of nitrogens with one attached hydrogen (secondary N) is 1. The number of carbonyl (C=O) groups excluding carboxylic acids is 1. The first-order chi connectivity index (χ1) is 14.6. The van der Waals surface area contributed by atoms with Crippen LogP contribution >= 0.6 is 0 Å². The van der Waals surface area contributed by atoms with E-state index in [1.54, 1.807) is 26.0 Å². The number of aliphatic hydroxyl groups excluding tert-OH is 1. The van der Waals surface area contributed by atoms with Crippen molar-refractivity contribution in [2.24, 2.45) is 0 Å². The number of rotatable bonds is 6. The normalized spacial score (nSPS) is 11.5. The van der Waals surface area contributed by atoms with Crippen LogP contribution in [0.2, 0.25) is 0 Å². The van der Waals surface area contributed by atoms with Gasteiger partial charge in [-0.25, -0.2) is 4.68 Å². The number of anilines is 1. The predicted molar refractivity (Wildman–Crippen MR) is 111 cm³/mol. The van der Waals surface area contributed by atoms with Crippen molar-refractivity contribution in [1.82, 2.24) is 15.1 Å². The van der Waals surface area contributed by atoms with Crippen LogP contribution in [0, 0.1) is 13.8 Å². The Kier molecular flexibility index (Phi) is 6.35. The van der Waals surface area contributed by atoms with Crippen LogP contribution in [0.4, 0.5) is 18.9 Å². The Morgan fingerprint density at radius 1 is 1.16 bits per heavy atom. The van der Waals surface area contributed by atoms with Crippen molar-refractivity contribution in [2.75, 3.05) is 18.9 Å². The number of nitrogen functional groups attached to an aromatic ring is 1. The molecule has 0 atom stereocenters. The minimum atomic E-state index is -4.55. The molecule has 1 heterocycles. The van der Waals surface area contributed by atoms with Gasteiger partial charge in [0, 0.05) is 35.5 Å². The highest BCUT2D eigenvalue weighted by molar-refractivity contribution is 5.94. The monoisotopic (exact) mass is 432 g/mol. The van der Waals surface area contributed by atoms with Gasteiger partial charge in [-0.15, -0.1) is 0 Å². The summed E-state index contributed by atoms with van der Waals surface area (Å²) in [6.45, 7) is 3.65. The van der Waals surface area contributed by atoms with Gasteiger partial charge in [-0.2, -0.15) is 18.3 Å². The molecule has 9 heteroatoms. The Balaban J connectivity index is 1.87. The standard InChI is InChI=1S/C22H23F3N4O2/c1-13-18(11-15-3-5-16(6-4-15)21(31)27-9-10-30)14(2)29(28-13)17-7-8-20(26)19(12-17)22(23,24)25/h3-8,12,30H,9-11,26H2,1-2H3,(H,27,31). The fourth-order valence-electron chi connectivity index (χ4n) is 3.35. The molecule has 2 aromatic carbocycles. The average molecular weight is 432 g/mol. The molecule has 1 aromatic heterocycles. The Labute approximate surface area is 177 Å². The van der Waals surface area contributed by atoms with Gasteiger partial charge in [-0.1, -0.05) is 12.1 Å². The summed E-state index contributed by atoms with van der Waals surface area (Å²) in [6, 6.07) is 10.7. The molecule has 3 rings (SSSR count). The Hall–Kier alpha value is -3.33. The van der Waals surface area contributed by atoms with Crippen LogP contribution in [-0.4, -0.2) is 33.9 Å². The van der Waals surface area contributed by atoms with E-state index in [2.05, 4.69) is 10.4 Å². The van der Waals surface area contributed by atoms with E-state index in [0.717, 1.165) is 22.9 Å². The summed E-state index contributed by atoms with van der Waals surface area (Å²) < 4.78 is 41.2. The lowest BCUT2D eigenvalue weighted by Gasteiger charge is -2.13. The molecule has 0 aliphatic rings. The quantitative estimate of drug-likeness (QED) is 0.521. The number of nitrogens with zero attached hydrogens (tertiary/aromatic N) is 2. The molecule has 6 nitrogen and oxygen atoms in total. The molecule has 0 saturated heterocycles. The first kappa shape index (κ1) is 22.4. The second kappa shape index (κ2) is 8.81. The minimum Gasteiger partial charge on any atom is -0.398 e. The SMILES string of the molecule is Cc1nn(-c2ccc(N)c(C(F)(F)F)c2)c(C)c1Cc1ccc(C(=O)NCCO)cc1. The molecule has 164 valence electrons. The Morgan fingerprint density at radius 3 is 2.45 bits per heavy atom. The number of alkyl halides is 3. The molecule has 0 radical (unpaired) electrons. The number of hydrogen-bond donors (Lipinski definition) is 3. The van der Waals surface area contributed by atoms with Gasteiger partial charge >= 0.3 is 6.18 Å². The molecule has 0 saturated carbocycles. The number of benzene rings is 2. The lowest BCUT2D eigenvalue weighted by Crippen LogP contribution is -2.26. The zero-order valence-corrected chi connectivity index (χ0v) is 17.1. The number of aliphatic hydroxyl groups is 1. The molecule has 31 heavy (non-hydrogen) atoms. The smallest absolute Gasteiger partial charge is 0.398 e. The molecule has 3 aromatic rings. The first-order valence-corrected chi connectivity index (χ1v) is 9.62. The molecular formula is C22H23F3N4O2. The van der Waals surface area contributed by atoms with Gasteiger partial charge in [0.05, 0.1) is 23.6 Å². The molecule has 4 N–H and O–H groups in total. The fourth-order valence-corrected chi connectivity index (χ4v) is 3.35. The topological polar surface area (TPSA) is 93.2 Å². The highest BCUT2D eigenvalue weighted by Crippen LogP contribution is 2.35. The summed E-state index contributed by atoms with van der Waals surface area (Å²) in [4.78, 5) is 11.9. The summed E-state index contributed by atoms with van der Waals surface area (Å²) in [7, 11) is 0. The number of aryl methyl sites for hydroxylation is 1. The minimum absolute atomic E-state index is 0.134. The summed E-state index contributed by atoms with van der Waals surface area (Å²) in [6.07, 6.45) is -4.04. The van der Waals surface area contributed by atoms with Crippen molar-refractivity contribution in [1.29, 1.82) is 0 Å². The van der Waals surface area contributed by atoms with Gasteiger partial charge in [0.2, 0.25) is 0 Å². The maximum Gasteiger partial charge on any atom is 0.418 e. The second-order valence-electron chi connectivity index (χ2n) is 7.18. The number of nitrogens with two attached hydrogens (primary N) is 1. The van der Waals surface area contributed by atoms with Gasteiger partial charge < -0.3 is 16.2 Å². The molecule has 0 aliphatic heterocycles. The van der Waals surface area contributed by atoms with Crippen LogP contribution in [0.15, 0.2) is 42.5 Å². The van der Waals surface area contributed by atoms with E-state index >= 15 is 0 Å². The third-order valence-electron chi connectivity index (χ3n) is 5.02. The largest absolute Gasteiger partial charge is 0.418 e. The van der Waals surface area contributed by atoms with Crippen molar-refractivity contribution in [3.63, 3.8) is 0 Å². The fraction of sp³-hybridized carbons (Fsp3) is 0.273. The molecule has 0 spiro atoms. The molecular weight excluding hydrogens is 409 g/mol. The van der Waals surface area contributed by atoms with Crippen LogP contribution in [-0.2, 0) is 12.6 Å². The van der Waals surface area contributed by atoms with Crippen LogP contribution < -0.4 is 11.1 Å². The summed E-state index contributed by atoms with van der Waals surface area (Å²) >= 11 is 0. The molecule has 0 fully saturated rings. The van der Waals surface area contributed by atoms with Crippen LogP contribution in [0.3, 0.4) is 0 Å². The average Bonchev–Trinajstić information content (AvgIpc) is 3.00. The predicted octanol–water partition coefficient (Wildman–Crippen LogP) is 3.40. The number of halogens is 3. The maximum atomic E-state index is 13.2. The van der Waals surface area contributed by atoms with Crippen molar-refractivity contribution >= 4 is 11.6 Å². The van der Waals surface area contributed by atoms with Gasteiger partial charge in [-0.05, 0) is 49.7 Å². The van der Waals surface area contributed by atoms with Crippen molar-refractivity contribution in [2.45, 2.75) is 26.4 Å². The summed E-state index contributed by atoms with van der Waals surface area (Å²) in [5.74, 6) is -0.274. The van der Waals surface area contributed by atoms with E-state index in [9.17, 15) is 18.0 Å². The highest BCUT2D eigenvalue weighted by atomic mass is 19.4. The van der Waals surface area contributed by atoms with Crippen molar-refractivity contribution in [3.8, 4) is 5.69 Å². The van der Waals surface area contributed by atoms with E-state index in [4.69, 9.17) is 10.8 Å². The van der Waals surface area contributed by atoms with Crippen molar-refractivity contribution < 1.29 is 23.1 Å². The zero-order valence-electron chi connectivity index (χ0n) is 17.1. The van der Waals surface area contributed by atoms with Gasteiger partial charge in [0.15, 0.2) is 0 Å². The van der Waals surface area contributed by atoms with Crippen LogP contribution in [0.5, 0.6) is 0 Å². The van der Waals surface area contributed by atoms with E-state index in [1.807, 2.05) is 12.1 Å². The van der Waals surface area contributed by atoms with Gasteiger partial charge in [-0.3, -0.25) is 4.79 Å². The van der Waals surface area contributed by atoms with E-state index < -0.39 is 11.7 Å². The first-order valence-electron chi connectivity index (χ1n) is 9.62. The number of hydrogen-bond acceptors (Lipinski definition) is 4. The third kappa shape index (κ3) is 4.88. The van der Waals surface area contributed by atoms with Crippen molar-refractivity contribution in [3.05, 3.63) is 76.1 Å². The van der Waals surface area contributed by atoms with E-state index in [-0.39, 0.29) is 30.4 Å². The van der Waals surface area contributed by atoms with Crippen LogP contribution in [0.25, 0.3) is 5.69 Å². The lowest BCUT2D eigenvalue weighted by atomic mass is 10.0. The van der Waals surface area contributed by atoms with Crippen LogP contribution in [0.1, 0.15) is 38.4 Å². The molecule has 0 aliphatic carbocycles. The third-order valence-corrected chi connectivity index (χ3v) is 5.02. The molecule has 0 unspecified atom stereocenters. The number of carbonyl (C=O) groups is 1. The molecule has 0 bridgehead atoms. The Morgan fingerprint density at radius 2 is 1.84 bits per heavy atom. The maximum absolute atomic E-state index is 13.2.